The van der Waals surface area contributed by atoms with Crippen molar-refractivity contribution in [1.82, 2.24) is 10.3 Å². The van der Waals surface area contributed by atoms with Crippen LogP contribution in [0.2, 0.25) is 0 Å². The first-order valence-corrected chi connectivity index (χ1v) is 8.12. The van der Waals surface area contributed by atoms with Gasteiger partial charge in [0.25, 0.3) is 0 Å². The van der Waals surface area contributed by atoms with Crippen LogP contribution in [0.5, 0.6) is 0 Å². The van der Waals surface area contributed by atoms with Gasteiger partial charge in [0.15, 0.2) is 0 Å². The number of nitrogens with zero attached hydrogens (tertiary/aromatic N) is 1. The van der Waals surface area contributed by atoms with Crippen LogP contribution in [0.25, 0.3) is 0 Å². The Balaban J connectivity index is 1.66. The van der Waals surface area contributed by atoms with Crippen molar-refractivity contribution in [3.63, 3.8) is 0 Å². The van der Waals surface area contributed by atoms with Crippen LogP contribution in [0.1, 0.15) is 18.4 Å². The number of hydrazine groups is 1. The van der Waals surface area contributed by atoms with Crippen molar-refractivity contribution in [2.75, 3.05) is 19.7 Å². The van der Waals surface area contributed by atoms with E-state index >= 15 is 0 Å². The van der Waals surface area contributed by atoms with Crippen molar-refractivity contribution in [1.29, 1.82) is 0 Å². The highest BCUT2D eigenvalue weighted by molar-refractivity contribution is 9.10. The molecule has 3 atom stereocenters. The maximum absolute atomic E-state index is 6.06. The zero-order chi connectivity index (χ0) is 13.9. The van der Waals surface area contributed by atoms with E-state index in [0.717, 1.165) is 24.0 Å². The SMILES string of the molecule is NNC(Cc1ccccc1Br)C1CN2CCCC2CO1. The van der Waals surface area contributed by atoms with Crippen molar-refractivity contribution in [3.8, 4) is 0 Å². The molecule has 2 saturated heterocycles. The molecule has 5 heteroatoms. The summed E-state index contributed by atoms with van der Waals surface area (Å²) in [7, 11) is 0. The van der Waals surface area contributed by atoms with E-state index in [4.69, 9.17) is 10.6 Å². The quantitative estimate of drug-likeness (QED) is 0.647. The molecule has 0 bridgehead atoms. The van der Waals surface area contributed by atoms with Gasteiger partial charge in [-0.1, -0.05) is 34.1 Å². The summed E-state index contributed by atoms with van der Waals surface area (Å²) < 4.78 is 7.19. The Labute approximate surface area is 128 Å². The van der Waals surface area contributed by atoms with E-state index in [9.17, 15) is 0 Å². The number of nitrogens with two attached hydrogens (primary N) is 1. The van der Waals surface area contributed by atoms with Gasteiger partial charge in [-0.25, -0.2) is 0 Å². The van der Waals surface area contributed by atoms with Crippen LogP contribution in [0, 0.1) is 0 Å². The molecule has 0 amide bonds. The molecule has 2 aliphatic heterocycles. The van der Waals surface area contributed by atoms with E-state index in [-0.39, 0.29) is 12.1 Å². The fraction of sp³-hybridized carbons (Fsp3) is 0.600. The van der Waals surface area contributed by atoms with Crippen LogP contribution in [0.4, 0.5) is 0 Å². The maximum Gasteiger partial charge on any atom is 0.0872 e. The number of fused-ring (bicyclic) bond motifs is 1. The van der Waals surface area contributed by atoms with Crippen molar-refractivity contribution < 1.29 is 4.74 Å². The van der Waals surface area contributed by atoms with Gasteiger partial charge in [0, 0.05) is 17.1 Å². The normalized spacial score (nSPS) is 28.3. The first kappa shape index (κ1) is 14.5. The lowest BCUT2D eigenvalue weighted by molar-refractivity contribution is -0.0644. The molecule has 1 aromatic rings. The Morgan fingerprint density at radius 1 is 1.45 bits per heavy atom. The van der Waals surface area contributed by atoms with Gasteiger partial charge >= 0.3 is 0 Å². The Hall–Kier alpha value is -0.460. The number of nitrogens with one attached hydrogen (secondary N) is 1. The van der Waals surface area contributed by atoms with E-state index in [0.29, 0.717) is 6.04 Å². The predicted molar refractivity (Wildman–Crippen MR) is 83.3 cm³/mol. The number of hydrogen-bond acceptors (Lipinski definition) is 4. The van der Waals surface area contributed by atoms with Crippen LogP contribution < -0.4 is 11.3 Å². The van der Waals surface area contributed by atoms with Crippen LogP contribution in [0.15, 0.2) is 28.7 Å². The van der Waals surface area contributed by atoms with Gasteiger partial charge in [-0.3, -0.25) is 16.2 Å². The van der Waals surface area contributed by atoms with Gasteiger partial charge in [-0.15, -0.1) is 0 Å². The number of morpholine rings is 1. The predicted octanol–water partition coefficient (Wildman–Crippen LogP) is 1.69. The highest BCUT2D eigenvalue weighted by Gasteiger charge is 2.35. The zero-order valence-corrected chi connectivity index (χ0v) is 13.2. The third-order valence-electron chi connectivity index (χ3n) is 4.48. The lowest BCUT2D eigenvalue weighted by atomic mass is 10.00. The zero-order valence-electron chi connectivity index (χ0n) is 11.6. The standard InChI is InChI=1S/C15H22BrN3O/c16-13-6-2-1-4-11(13)8-14(18-17)15-9-19-7-3-5-12(19)10-20-15/h1-2,4,6,12,14-15,18H,3,5,7-10,17H2. The van der Waals surface area contributed by atoms with Crippen molar-refractivity contribution in [2.24, 2.45) is 5.84 Å². The first-order valence-electron chi connectivity index (χ1n) is 7.33. The number of hydrogen-bond donors (Lipinski definition) is 2. The minimum absolute atomic E-state index is 0.148. The molecule has 20 heavy (non-hydrogen) atoms. The lowest BCUT2D eigenvalue weighted by Gasteiger charge is -2.38. The molecule has 0 aliphatic carbocycles. The summed E-state index contributed by atoms with van der Waals surface area (Å²) in [6.07, 6.45) is 3.62. The molecule has 0 aromatic heterocycles. The second kappa shape index (κ2) is 6.54. The average Bonchev–Trinajstić information content (AvgIpc) is 2.94. The van der Waals surface area contributed by atoms with Gasteiger partial charge in [0.2, 0.25) is 0 Å². The van der Waals surface area contributed by atoms with Gasteiger partial charge in [0.1, 0.15) is 0 Å². The number of rotatable bonds is 4. The van der Waals surface area contributed by atoms with E-state index in [1.165, 1.54) is 24.9 Å². The highest BCUT2D eigenvalue weighted by atomic mass is 79.9. The molecular weight excluding hydrogens is 318 g/mol. The van der Waals surface area contributed by atoms with Gasteiger partial charge in [-0.05, 0) is 37.4 Å². The summed E-state index contributed by atoms with van der Waals surface area (Å²) in [4.78, 5) is 2.55. The van der Waals surface area contributed by atoms with Gasteiger partial charge < -0.3 is 4.74 Å². The Bertz CT molecular complexity index is 456. The number of ether oxygens (including phenoxy) is 1. The molecule has 2 aliphatic rings. The summed E-state index contributed by atoms with van der Waals surface area (Å²) >= 11 is 3.60. The molecule has 4 nitrogen and oxygen atoms in total. The van der Waals surface area contributed by atoms with Crippen molar-refractivity contribution in [2.45, 2.75) is 37.5 Å². The molecular formula is C15H22BrN3O. The molecule has 3 N–H and O–H groups in total. The Morgan fingerprint density at radius 2 is 2.30 bits per heavy atom. The topological polar surface area (TPSA) is 50.5 Å². The van der Waals surface area contributed by atoms with Gasteiger partial charge in [-0.2, -0.15) is 0 Å². The fourth-order valence-corrected chi connectivity index (χ4v) is 3.73. The Morgan fingerprint density at radius 3 is 3.10 bits per heavy atom. The highest BCUT2D eigenvalue weighted by Crippen LogP contribution is 2.25. The summed E-state index contributed by atoms with van der Waals surface area (Å²) in [5.41, 5.74) is 4.22. The largest absolute Gasteiger partial charge is 0.374 e. The summed E-state index contributed by atoms with van der Waals surface area (Å²) in [6, 6.07) is 9.08. The number of benzene rings is 1. The second-order valence-corrected chi connectivity index (χ2v) is 6.59. The fourth-order valence-electron chi connectivity index (χ4n) is 3.28. The molecule has 0 spiro atoms. The molecule has 1 aromatic carbocycles. The third-order valence-corrected chi connectivity index (χ3v) is 5.25. The molecule has 0 saturated carbocycles. The third kappa shape index (κ3) is 3.07. The number of halogens is 1. The molecule has 3 rings (SSSR count). The molecule has 2 heterocycles. The van der Waals surface area contributed by atoms with Gasteiger partial charge in [0.05, 0.1) is 18.8 Å². The smallest absolute Gasteiger partial charge is 0.0872 e. The maximum atomic E-state index is 6.06. The van der Waals surface area contributed by atoms with Crippen LogP contribution in [-0.4, -0.2) is 42.8 Å². The van der Waals surface area contributed by atoms with E-state index in [1.54, 1.807) is 0 Å². The summed E-state index contributed by atoms with van der Waals surface area (Å²) in [5, 5.41) is 0. The summed E-state index contributed by atoms with van der Waals surface area (Å²) in [6.45, 7) is 3.04. The van der Waals surface area contributed by atoms with E-state index < -0.39 is 0 Å². The van der Waals surface area contributed by atoms with Crippen LogP contribution in [0.3, 0.4) is 0 Å². The van der Waals surface area contributed by atoms with Crippen molar-refractivity contribution in [3.05, 3.63) is 34.3 Å². The monoisotopic (exact) mass is 339 g/mol. The molecule has 110 valence electrons. The molecule has 3 unspecified atom stereocenters. The minimum Gasteiger partial charge on any atom is -0.374 e. The minimum atomic E-state index is 0.148. The molecule has 0 radical (unpaired) electrons. The molecule has 2 fully saturated rings. The van der Waals surface area contributed by atoms with E-state index in [2.05, 4.69) is 44.5 Å². The van der Waals surface area contributed by atoms with Crippen molar-refractivity contribution >= 4 is 15.9 Å². The second-order valence-electron chi connectivity index (χ2n) is 5.73. The first-order chi connectivity index (χ1) is 9.78. The van der Waals surface area contributed by atoms with E-state index in [1.807, 2.05) is 6.07 Å². The average molecular weight is 340 g/mol. The van der Waals surface area contributed by atoms with Crippen LogP contribution in [-0.2, 0) is 11.2 Å². The summed E-state index contributed by atoms with van der Waals surface area (Å²) in [5.74, 6) is 5.77. The lowest BCUT2D eigenvalue weighted by Crippen LogP contribution is -2.56. The van der Waals surface area contributed by atoms with Crippen LogP contribution >= 0.6 is 15.9 Å². The Kier molecular flexibility index (Phi) is 4.73.